The minimum atomic E-state index is 0.533. The van der Waals surface area contributed by atoms with Gasteiger partial charge in [-0.15, -0.1) is 0 Å². The molecule has 0 spiro atoms. The molecule has 3 heteroatoms. The molecule has 0 unspecified atom stereocenters. The SMILES string of the molecule is Cc1ccccc1OCc1c[nH]c2ccc(Cl)cc12. The molecule has 0 bridgehead atoms. The third kappa shape index (κ3) is 2.45. The van der Waals surface area contributed by atoms with Gasteiger partial charge >= 0.3 is 0 Å². The zero-order chi connectivity index (χ0) is 13.2. The first-order chi connectivity index (χ1) is 9.24. The van der Waals surface area contributed by atoms with E-state index in [1.807, 2.05) is 55.6 Å². The lowest BCUT2D eigenvalue weighted by atomic mass is 10.2. The molecule has 0 saturated carbocycles. The van der Waals surface area contributed by atoms with Crippen LogP contribution in [0.25, 0.3) is 10.9 Å². The van der Waals surface area contributed by atoms with E-state index >= 15 is 0 Å². The molecule has 0 amide bonds. The van der Waals surface area contributed by atoms with Gasteiger partial charge in [0.05, 0.1) is 0 Å². The highest BCUT2D eigenvalue weighted by Gasteiger charge is 2.06. The highest BCUT2D eigenvalue weighted by Crippen LogP contribution is 2.24. The average Bonchev–Trinajstić information content (AvgIpc) is 2.80. The van der Waals surface area contributed by atoms with Crippen molar-refractivity contribution in [2.45, 2.75) is 13.5 Å². The van der Waals surface area contributed by atoms with Crippen molar-refractivity contribution in [2.75, 3.05) is 0 Å². The second-order valence-electron chi connectivity index (χ2n) is 4.56. The second kappa shape index (κ2) is 4.98. The van der Waals surface area contributed by atoms with Crippen LogP contribution in [-0.4, -0.2) is 4.98 Å². The Kier molecular flexibility index (Phi) is 3.18. The van der Waals surface area contributed by atoms with Crippen LogP contribution < -0.4 is 4.74 Å². The molecule has 0 aliphatic rings. The van der Waals surface area contributed by atoms with Crippen LogP contribution in [0.4, 0.5) is 0 Å². The zero-order valence-corrected chi connectivity index (χ0v) is 11.4. The van der Waals surface area contributed by atoms with Crippen LogP contribution in [0.3, 0.4) is 0 Å². The van der Waals surface area contributed by atoms with E-state index in [0.717, 1.165) is 32.8 Å². The lowest BCUT2D eigenvalue weighted by molar-refractivity contribution is 0.305. The van der Waals surface area contributed by atoms with E-state index in [2.05, 4.69) is 4.98 Å². The number of rotatable bonds is 3. The number of para-hydroxylation sites is 1. The molecule has 1 N–H and O–H groups in total. The molecule has 3 aromatic rings. The number of nitrogens with one attached hydrogen (secondary N) is 1. The van der Waals surface area contributed by atoms with E-state index in [9.17, 15) is 0 Å². The molecular formula is C16H14ClNO. The highest BCUT2D eigenvalue weighted by molar-refractivity contribution is 6.31. The maximum absolute atomic E-state index is 6.04. The van der Waals surface area contributed by atoms with Gasteiger partial charge in [0.15, 0.2) is 0 Å². The number of fused-ring (bicyclic) bond motifs is 1. The van der Waals surface area contributed by atoms with E-state index in [1.54, 1.807) is 0 Å². The van der Waals surface area contributed by atoms with E-state index < -0.39 is 0 Å². The Morgan fingerprint density at radius 3 is 2.84 bits per heavy atom. The highest BCUT2D eigenvalue weighted by atomic mass is 35.5. The minimum Gasteiger partial charge on any atom is -0.489 e. The minimum absolute atomic E-state index is 0.533. The number of hydrogen-bond acceptors (Lipinski definition) is 1. The van der Waals surface area contributed by atoms with Crippen LogP contribution >= 0.6 is 11.6 Å². The molecular weight excluding hydrogens is 258 g/mol. The van der Waals surface area contributed by atoms with Gasteiger partial charge in [0.2, 0.25) is 0 Å². The third-order valence-corrected chi connectivity index (χ3v) is 3.44. The van der Waals surface area contributed by atoms with Gasteiger partial charge < -0.3 is 9.72 Å². The first-order valence-corrected chi connectivity index (χ1v) is 6.56. The first kappa shape index (κ1) is 12.1. The van der Waals surface area contributed by atoms with Crippen molar-refractivity contribution in [3.63, 3.8) is 0 Å². The Bertz CT molecular complexity index is 718. The predicted molar refractivity (Wildman–Crippen MR) is 78.8 cm³/mol. The Morgan fingerprint density at radius 2 is 2.00 bits per heavy atom. The molecule has 3 rings (SSSR count). The Balaban J connectivity index is 1.86. The van der Waals surface area contributed by atoms with Gasteiger partial charge in [0, 0.05) is 27.7 Å². The second-order valence-corrected chi connectivity index (χ2v) is 4.99. The molecule has 0 aliphatic carbocycles. The summed E-state index contributed by atoms with van der Waals surface area (Å²) in [6, 6.07) is 13.8. The van der Waals surface area contributed by atoms with Crippen LogP contribution in [-0.2, 0) is 6.61 Å². The molecule has 1 heterocycles. The van der Waals surface area contributed by atoms with E-state index in [0.29, 0.717) is 6.61 Å². The summed E-state index contributed by atoms with van der Waals surface area (Å²) in [5.41, 5.74) is 3.33. The topological polar surface area (TPSA) is 25.0 Å². The Morgan fingerprint density at radius 1 is 1.16 bits per heavy atom. The van der Waals surface area contributed by atoms with Gasteiger partial charge in [-0.3, -0.25) is 0 Å². The lowest BCUT2D eigenvalue weighted by Gasteiger charge is -2.08. The molecule has 0 saturated heterocycles. The number of benzene rings is 2. The van der Waals surface area contributed by atoms with Crippen LogP contribution in [0.15, 0.2) is 48.7 Å². The van der Waals surface area contributed by atoms with Gasteiger partial charge in [-0.25, -0.2) is 0 Å². The molecule has 0 fully saturated rings. The fourth-order valence-electron chi connectivity index (χ4n) is 2.14. The molecule has 0 aliphatic heterocycles. The van der Waals surface area contributed by atoms with Gasteiger partial charge in [-0.05, 0) is 36.8 Å². The molecule has 2 nitrogen and oxygen atoms in total. The Hall–Kier alpha value is -1.93. The van der Waals surface area contributed by atoms with Crippen LogP contribution in [0.5, 0.6) is 5.75 Å². The molecule has 2 aromatic carbocycles. The average molecular weight is 272 g/mol. The van der Waals surface area contributed by atoms with E-state index in [4.69, 9.17) is 16.3 Å². The third-order valence-electron chi connectivity index (χ3n) is 3.21. The summed E-state index contributed by atoms with van der Waals surface area (Å²) in [7, 11) is 0. The van der Waals surface area contributed by atoms with Gasteiger partial charge in [0.1, 0.15) is 12.4 Å². The van der Waals surface area contributed by atoms with Crippen molar-refractivity contribution in [1.82, 2.24) is 4.98 Å². The summed E-state index contributed by atoms with van der Waals surface area (Å²) in [5, 5.41) is 1.85. The monoisotopic (exact) mass is 271 g/mol. The fraction of sp³-hybridized carbons (Fsp3) is 0.125. The first-order valence-electron chi connectivity index (χ1n) is 6.18. The maximum Gasteiger partial charge on any atom is 0.122 e. The van der Waals surface area contributed by atoms with Crippen molar-refractivity contribution in [3.05, 3.63) is 64.8 Å². The largest absolute Gasteiger partial charge is 0.489 e. The molecule has 96 valence electrons. The van der Waals surface area contributed by atoms with Crippen molar-refractivity contribution >= 4 is 22.5 Å². The quantitative estimate of drug-likeness (QED) is 0.733. The smallest absolute Gasteiger partial charge is 0.122 e. The maximum atomic E-state index is 6.04. The predicted octanol–water partition coefficient (Wildman–Crippen LogP) is 4.71. The number of hydrogen-bond donors (Lipinski definition) is 1. The van der Waals surface area contributed by atoms with Crippen molar-refractivity contribution in [3.8, 4) is 5.75 Å². The normalized spacial score (nSPS) is 10.8. The standard InChI is InChI=1S/C16H14ClNO/c1-11-4-2-3-5-16(11)19-10-12-9-18-15-7-6-13(17)8-14(12)15/h2-9,18H,10H2,1H3. The number of aromatic amines is 1. The lowest BCUT2D eigenvalue weighted by Crippen LogP contribution is -1.95. The summed E-state index contributed by atoms with van der Waals surface area (Å²) in [5.74, 6) is 0.916. The number of aryl methyl sites for hydroxylation is 1. The fourth-order valence-corrected chi connectivity index (χ4v) is 2.32. The number of H-pyrrole nitrogens is 1. The molecule has 0 atom stereocenters. The number of aromatic nitrogens is 1. The van der Waals surface area contributed by atoms with Gasteiger partial charge in [0.25, 0.3) is 0 Å². The van der Waals surface area contributed by atoms with Crippen molar-refractivity contribution in [1.29, 1.82) is 0 Å². The summed E-state index contributed by atoms with van der Waals surface area (Å²) >= 11 is 6.04. The molecule has 19 heavy (non-hydrogen) atoms. The van der Waals surface area contributed by atoms with Crippen molar-refractivity contribution in [2.24, 2.45) is 0 Å². The van der Waals surface area contributed by atoms with Crippen LogP contribution in [0.2, 0.25) is 5.02 Å². The van der Waals surface area contributed by atoms with Crippen LogP contribution in [0.1, 0.15) is 11.1 Å². The molecule has 1 aromatic heterocycles. The number of halogens is 1. The number of ether oxygens (including phenoxy) is 1. The molecule has 0 radical (unpaired) electrons. The summed E-state index contributed by atoms with van der Waals surface area (Å²) in [4.78, 5) is 3.23. The van der Waals surface area contributed by atoms with E-state index in [1.165, 1.54) is 0 Å². The summed E-state index contributed by atoms with van der Waals surface area (Å²) in [6.45, 7) is 2.58. The zero-order valence-electron chi connectivity index (χ0n) is 10.6. The van der Waals surface area contributed by atoms with Crippen LogP contribution in [0, 0.1) is 6.92 Å². The van der Waals surface area contributed by atoms with Gasteiger partial charge in [-0.1, -0.05) is 29.8 Å². The summed E-state index contributed by atoms with van der Waals surface area (Å²) < 4.78 is 5.87. The van der Waals surface area contributed by atoms with E-state index in [-0.39, 0.29) is 0 Å². The van der Waals surface area contributed by atoms with Gasteiger partial charge in [-0.2, -0.15) is 0 Å². The van der Waals surface area contributed by atoms with Crippen molar-refractivity contribution < 1.29 is 4.74 Å². The Labute approximate surface area is 117 Å². The summed E-state index contributed by atoms with van der Waals surface area (Å²) in [6.07, 6.45) is 1.97.